The lowest BCUT2D eigenvalue weighted by Crippen LogP contribution is -2.29. The monoisotopic (exact) mass is 385 g/mol. The van der Waals surface area contributed by atoms with Gasteiger partial charge < -0.3 is 15.4 Å². The van der Waals surface area contributed by atoms with Crippen LogP contribution < -0.4 is 5.32 Å². The highest BCUT2D eigenvalue weighted by atomic mass is 35.5. The third-order valence-corrected chi connectivity index (χ3v) is 3.95. The van der Waals surface area contributed by atoms with Crippen LogP contribution in [0.4, 0.5) is 11.5 Å². The molecule has 26 heavy (non-hydrogen) atoms. The summed E-state index contributed by atoms with van der Waals surface area (Å²) in [5.41, 5.74) is -0.0553. The first-order chi connectivity index (χ1) is 12.2. The van der Waals surface area contributed by atoms with E-state index in [2.05, 4.69) is 15.5 Å². The Bertz CT molecular complexity index is 840. The summed E-state index contributed by atoms with van der Waals surface area (Å²) in [7, 11) is 0. The molecule has 0 atom stereocenters. The van der Waals surface area contributed by atoms with E-state index in [9.17, 15) is 25.0 Å². The normalized spacial score (nSPS) is 10.7. The van der Waals surface area contributed by atoms with Crippen LogP contribution in [0.3, 0.4) is 0 Å². The zero-order chi connectivity index (χ0) is 19.4. The summed E-state index contributed by atoms with van der Waals surface area (Å²) in [6, 6.07) is 0. The topological polar surface area (TPSA) is 151 Å². The van der Waals surface area contributed by atoms with Gasteiger partial charge in [-0.1, -0.05) is 11.6 Å². The van der Waals surface area contributed by atoms with Crippen LogP contribution in [0, 0.1) is 34.1 Å². The molecule has 0 spiro atoms. The molecule has 0 bridgehead atoms. The highest BCUT2D eigenvalue weighted by Gasteiger charge is 2.35. The standard InChI is InChI=1S/C13H16ClN7O5/c1-8-10(14)6-18(16-8)5-3-4-15-11(22)7-19-9(2)12(20(23)24)13(17-19)21(25)26/h6H,3-5,7H2,1-2H3,(H,15,22). The molecule has 2 aromatic heterocycles. The lowest BCUT2D eigenvalue weighted by Gasteiger charge is -2.05. The molecular formula is C13H16ClN7O5. The van der Waals surface area contributed by atoms with Crippen molar-refractivity contribution < 1.29 is 14.6 Å². The molecule has 0 aromatic carbocycles. The Balaban J connectivity index is 1.90. The average molecular weight is 386 g/mol. The first-order valence-corrected chi connectivity index (χ1v) is 7.91. The van der Waals surface area contributed by atoms with Crippen molar-refractivity contribution in [2.75, 3.05) is 6.54 Å². The van der Waals surface area contributed by atoms with E-state index in [-0.39, 0.29) is 12.2 Å². The van der Waals surface area contributed by atoms with Gasteiger partial charge in [0.1, 0.15) is 12.2 Å². The number of nitrogens with one attached hydrogen (secondary N) is 1. The van der Waals surface area contributed by atoms with E-state index in [0.29, 0.717) is 30.2 Å². The number of nitro groups is 2. The predicted octanol–water partition coefficient (Wildman–Crippen LogP) is 1.37. The van der Waals surface area contributed by atoms with Crippen molar-refractivity contribution >= 4 is 29.0 Å². The third kappa shape index (κ3) is 4.33. The third-order valence-electron chi connectivity index (χ3n) is 3.58. The highest BCUT2D eigenvalue weighted by molar-refractivity contribution is 6.31. The van der Waals surface area contributed by atoms with Crippen molar-refractivity contribution in [1.82, 2.24) is 24.9 Å². The summed E-state index contributed by atoms with van der Waals surface area (Å²) in [6.45, 7) is 3.61. The molecule has 1 amide bonds. The Hall–Kier alpha value is -3.02. The molecule has 12 nitrogen and oxygen atoms in total. The number of aromatic nitrogens is 4. The minimum Gasteiger partial charge on any atom is -0.358 e. The number of nitrogens with zero attached hydrogens (tertiary/aromatic N) is 6. The van der Waals surface area contributed by atoms with Gasteiger partial charge in [0.15, 0.2) is 0 Å². The quantitative estimate of drug-likeness (QED) is 0.409. The number of aryl methyl sites for hydroxylation is 2. The Morgan fingerprint density at radius 3 is 2.46 bits per heavy atom. The second-order valence-corrected chi connectivity index (χ2v) is 5.87. The molecule has 2 rings (SSSR count). The van der Waals surface area contributed by atoms with Crippen LogP contribution in [0.5, 0.6) is 0 Å². The minimum atomic E-state index is -0.948. The number of hydrogen-bond donors (Lipinski definition) is 1. The van der Waals surface area contributed by atoms with Gasteiger partial charge in [-0.05, 0) is 25.2 Å². The average Bonchev–Trinajstić information content (AvgIpc) is 3.04. The molecule has 0 aliphatic carbocycles. The van der Waals surface area contributed by atoms with Crippen LogP contribution in [0.2, 0.25) is 5.02 Å². The van der Waals surface area contributed by atoms with Gasteiger partial charge in [-0.25, -0.2) is 0 Å². The molecule has 0 saturated carbocycles. The van der Waals surface area contributed by atoms with E-state index < -0.39 is 27.3 Å². The summed E-state index contributed by atoms with van der Waals surface area (Å²) in [5, 5.41) is 32.7. The Labute approximate surface area is 152 Å². The van der Waals surface area contributed by atoms with Gasteiger partial charge in [-0.3, -0.25) is 19.6 Å². The van der Waals surface area contributed by atoms with Gasteiger partial charge in [0, 0.05) is 19.3 Å². The molecule has 0 fully saturated rings. The lowest BCUT2D eigenvalue weighted by atomic mass is 10.3. The molecule has 1 N–H and O–H groups in total. The second-order valence-electron chi connectivity index (χ2n) is 5.46. The Kier molecular flexibility index (Phi) is 5.87. The zero-order valence-corrected chi connectivity index (χ0v) is 14.8. The molecule has 0 radical (unpaired) electrons. The van der Waals surface area contributed by atoms with Gasteiger partial charge in [0.05, 0.1) is 20.7 Å². The van der Waals surface area contributed by atoms with E-state index in [1.807, 2.05) is 0 Å². The lowest BCUT2D eigenvalue weighted by molar-refractivity contribution is -0.424. The molecular weight excluding hydrogens is 370 g/mol. The summed E-state index contributed by atoms with van der Waals surface area (Å²) >= 11 is 5.90. The fraction of sp³-hybridized carbons (Fsp3) is 0.462. The van der Waals surface area contributed by atoms with Crippen molar-refractivity contribution in [3.05, 3.63) is 42.8 Å². The smallest absolute Gasteiger partial charge is 0.358 e. The molecule has 0 aliphatic rings. The van der Waals surface area contributed by atoms with Crippen LogP contribution in [0.25, 0.3) is 0 Å². The number of carbonyl (C=O) groups is 1. The molecule has 0 unspecified atom stereocenters. The van der Waals surface area contributed by atoms with Gasteiger partial charge in [0.2, 0.25) is 5.91 Å². The van der Waals surface area contributed by atoms with Crippen LogP contribution in [0.15, 0.2) is 6.20 Å². The molecule has 2 aromatic rings. The predicted molar refractivity (Wildman–Crippen MR) is 89.9 cm³/mol. The van der Waals surface area contributed by atoms with Crippen molar-refractivity contribution in [3.63, 3.8) is 0 Å². The molecule has 0 aliphatic heterocycles. The minimum absolute atomic E-state index is 0.0569. The maximum absolute atomic E-state index is 11.9. The second kappa shape index (κ2) is 7.91. The summed E-state index contributed by atoms with van der Waals surface area (Å²) in [6.07, 6.45) is 2.27. The fourth-order valence-corrected chi connectivity index (χ4v) is 2.43. The van der Waals surface area contributed by atoms with Crippen LogP contribution >= 0.6 is 11.6 Å². The highest BCUT2D eigenvalue weighted by Crippen LogP contribution is 2.28. The summed E-state index contributed by atoms with van der Waals surface area (Å²) in [5.74, 6) is -1.35. The van der Waals surface area contributed by atoms with Crippen molar-refractivity contribution in [1.29, 1.82) is 0 Å². The molecule has 13 heteroatoms. The van der Waals surface area contributed by atoms with Crippen molar-refractivity contribution in [3.8, 4) is 0 Å². The van der Waals surface area contributed by atoms with E-state index >= 15 is 0 Å². The molecule has 140 valence electrons. The summed E-state index contributed by atoms with van der Waals surface area (Å²) in [4.78, 5) is 31.9. The van der Waals surface area contributed by atoms with E-state index in [1.54, 1.807) is 17.8 Å². The first kappa shape index (κ1) is 19.3. The first-order valence-electron chi connectivity index (χ1n) is 7.53. The fourth-order valence-electron chi connectivity index (χ4n) is 2.28. The van der Waals surface area contributed by atoms with Gasteiger partial charge >= 0.3 is 11.5 Å². The van der Waals surface area contributed by atoms with E-state index in [1.165, 1.54) is 6.92 Å². The SMILES string of the molecule is Cc1nn(CCCNC(=O)Cn2nc([N+](=O)[O-])c([N+](=O)[O-])c2C)cc1Cl. The number of hydrogen-bond acceptors (Lipinski definition) is 7. The largest absolute Gasteiger partial charge is 0.468 e. The number of carbonyl (C=O) groups excluding carboxylic acids is 1. The zero-order valence-electron chi connectivity index (χ0n) is 14.0. The Morgan fingerprint density at radius 2 is 1.96 bits per heavy atom. The number of halogens is 1. The summed E-state index contributed by atoms with van der Waals surface area (Å²) < 4.78 is 2.61. The van der Waals surface area contributed by atoms with E-state index in [4.69, 9.17) is 11.6 Å². The van der Waals surface area contributed by atoms with Crippen LogP contribution in [0.1, 0.15) is 17.8 Å². The van der Waals surface area contributed by atoms with Gasteiger partial charge in [0.25, 0.3) is 0 Å². The van der Waals surface area contributed by atoms with Gasteiger partial charge in [-0.2, -0.15) is 9.78 Å². The van der Waals surface area contributed by atoms with E-state index in [0.717, 1.165) is 4.68 Å². The maximum atomic E-state index is 11.9. The molecule has 2 heterocycles. The van der Waals surface area contributed by atoms with Crippen LogP contribution in [-0.2, 0) is 17.9 Å². The van der Waals surface area contributed by atoms with Crippen molar-refractivity contribution in [2.24, 2.45) is 0 Å². The van der Waals surface area contributed by atoms with Gasteiger partial charge in [-0.15, -0.1) is 0 Å². The van der Waals surface area contributed by atoms with Crippen molar-refractivity contribution in [2.45, 2.75) is 33.4 Å². The number of amides is 1. The van der Waals surface area contributed by atoms with Crippen LogP contribution in [-0.4, -0.2) is 41.9 Å². The maximum Gasteiger partial charge on any atom is 0.468 e. The number of rotatable bonds is 8. The Morgan fingerprint density at radius 1 is 1.27 bits per heavy atom. The molecule has 0 saturated heterocycles.